The first-order valence-corrected chi connectivity index (χ1v) is 11.1. The summed E-state index contributed by atoms with van der Waals surface area (Å²) in [6.07, 6.45) is 5.54. The van der Waals surface area contributed by atoms with Gasteiger partial charge in [0.1, 0.15) is 11.5 Å². The molecule has 0 saturated carbocycles. The summed E-state index contributed by atoms with van der Waals surface area (Å²) in [6.45, 7) is 2.29. The molecule has 0 atom stereocenters. The van der Waals surface area contributed by atoms with E-state index in [1.54, 1.807) is 54.0 Å². The lowest BCUT2D eigenvalue weighted by molar-refractivity contribution is 0.0526. The SMILES string of the molecule is C#CCn1c(=NC(=O)c2ccc(Oc3ccccc3)cc2)sc2cc(C(=O)OCC)ccc21. The number of carbonyl (C=O) groups is 2. The quantitative estimate of drug-likeness (QED) is 0.301. The number of nitrogens with zero attached hydrogens (tertiary/aromatic N) is 2. The second-order valence-electron chi connectivity index (χ2n) is 6.93. The third kappa shape index (κ3) is 5.03. The number of thiazole rings is 1. The van der Waals surface area contributed by atoms with E-state index in [0.29, 0.717) is 34.0 Å². The molecule has 0 saturated heterocycles. The molecule has 1 heterocycles. The fourth-order valence-electron chi connectivity index (χ4n) is 3.19. The van der Waals surface area contributed by atoms with Gasteiger partial charge in [-0.1, -0.05) is 35.5 Å². The monoisotopic (exact) mass is 456 g/mol. The molecule has 0 bridgehead atoms. The van der Waals surface area contributed by atoms with E-state index in [0.717, 1.165) is 10.2 Å². The van der Waals surface area contributed by atoms with Gasteiger partial charge >= 0.3 is 5.97 Å². The first kappa shape index (κ1) is 22.1. The third-order valence-electron chi connectivity index (χ3n) is 4.72. The van der Waals surface area contributed by atoms with Crippen LogP contribution in [0.15, 0.2) is 77.8 Å². The molecule has 33 heavy (non-hydrogen) atoms. The Kier molecular flexibility index (Phi) is 6.67. The van der Waals surface area contributed by atoms with Crippen molar-refractivity contribution in [2.45, 2.75) is 13.5 Å². The molecular formula is C26H20N2O4S. The lowest BCUT2D eigenvalue weighted by atomic mass is 10.2. The number of hydrogen-bond acceptors (Lipinski definition) is 5. The van der Waals surface area contributed by atoms with Gasteiger partial charge in [0, 0.05) is 5.56 Å². The number of hydrogen-bond donors (Lipinski definition) is 0. The molecule has 0 unspecified atom stereocenters. The number of benzene rings is 3. The maximum Gasteiger partial charge on any atom is 0.338 e. The number of amides is 1. The molecule has 0 aliphatic carbocycles. The van der Waals surface area contributed by atoms with Crippen molar-refractivity contribution in [2.24, 2.45) is 4.99 Å². The Morgan fingerprint density at radius 2 is 1.70 bits per heavy atom. The molecule has 0 N–H and O–H groups in total. The van der Waals surface area contributed by atoms with Crippen LogP contribution >= 0.6 is 11.3 Å². The highest BCUT2D eigenvalue weighted by Crippen LogP contribution is 2.22. The Morgan fingerprint density at radius 1 is 1.00 bits per heavy atom. The van der Waals surface area contributed by atoms with E-state index in [1.165, 1.54) is 11.3 Å². The number of rotatable bonds is 6. The normalized spacial score (nSPS) is 11.2. The van der Waals surface area contributed by atoms with Crippen molar-refractivity contribution >= 4 is 33.4 Å². The number of ether oxygens (including phenoxy) is 2. The highest BCUT2D eigenvalue weighted by atomic mass is 32.1. The van der Waals surface area contributed by atoms with Gasteiger partial charge in [-0.05, 0) is 61.5 Å². The van der Waals surface area contributed by atoms with Crippen LogP contribution in [0.1, 0.15) is 27.6 Å². The first-order valence-electron chi connectivity index (χ1n) is 10.2. The summed E-state index contributed by atoms with van der Waals surface area (Å²) in [5.74, 6) is 3.13. The van der Waals surface area contributed by atoms with Gasteiger partial charge in [-0.25, -0.2) is 4.79 Å². The van der Waals surface area contributed by atoms with Gasteiger partial charge in [0.25, 0.3) is 5.91 Å². The number of aromatic nitrogens is 1. The number of esters is 1. The average Bonchev–Trinajstić information content (AvgIpc) is 3.16. The molecular weight excluding hydrogens is 436 g/mol. The fraction of sp³-hybridized carbons (Fsp3) is 0.115. The number of para-hydroxylation sites is 1. The van der Waals surface area contributed by atoms with Crippen molar-refractivity contribution in [3.63, 3.8) is 0 Å². The van der Waals surface area contributed by atoms with Crippen LogP contribution in [-0.2, 0) is 11.3 Å². The number of terminal acetylenes is 1. The highest BCUT2D eigenvalue weighted by Gasteiger charge is 2.13. The smallest absolute Gasteiger partial charge is 0.338 e. The van der Waals surface area contributed by atoms with Crippen LogP contribution in [0.25, 0.3) is 10.2 Å². The Hall–Kier alpha value is -4.15. The molecule has 0 aliphatic rings. The van der Waals surface area contributed by atoms with E-state index >= 15 is 0 Å². The molecule has 0 fully saturated rings. The average molecular weight is 457 g/mol. The van der Waals surface area contributed by atoms with Crippen LogP contribution < -0.4 is 9.54 Å². The van der Waals surface area contributed by atoms with Crippen LogP contribution in [0.4, 0.5) is 0 Å². The van der Waals surface area contributed by atoms with E-state index in [-0.39, 0.29) is 6.54 Å². The van der Waals surface area contributed by atoms with Crippen molar-refractivity contribution in [3.8, 4) is 23.8 Å². The van der Waals surface area contributed by atoms with Gasteiger partial charge in [-0.15, -0.1) is 6.42 Å². The summed E-state index contributed by atoms with van der Waals surface area (Å²) in [7, 11) is 0. The molecule has 6 nitrogen and oxygen atoms in total. The second-order valence-corrected chi connectivity index (χ2v) is 7.94. The molecule has 1 amide bonds. The number of fused-ring (bicyclic) bond motifs is 1. The Morgan fingerprint density at radius 3 is 2.39 bits per heavy atom. The van der Waals surface area contributed by atoms with Crippen molar-refractivity contribution < 1.29 is 19.1 Å². The summed E-state index contributed by atoms with van der Waals surface area (Å²) < 4.78 is 13.4. The molecule has 0 aliphatic heterocycles. The first-order chi connectivity index (χ1) is 16.1. The summed E-state index contributed by atoms with van der Waals surface area (Å²) in [5.41, 5.74) is 1.65. The molecule has 4 rings (SSSR count). The largest absolute Gasteiger partial charge is 0.462 e. The zero-order valence-corrected chi connectivity index (χ0v) is 18.7. The zero-order valence-electron chi connectivity index (χ0n) is 17.9. The lowest BCUT2D eigenvalue weighted by Crippen LogP contribution is -2.16. The van der Waals surface area contributed by atoms with E-state index in [9.17, 15) is 9.59 Å². The molecule has 1 aromatic heterocycles. The van der Waals surface area contributed by atoms with E-state index in [1.807, 2.05) is 30.3 Å². The van der Waals surface area contributed by atoms with Crippen LogP contribution in [0.3, 0.4) is 0 Å². The summed E-state index contributed by atoms with van der Waals surface area (Å²) in [4.78, 5) is 29.7. The molecule has 4 aromatic rings. The Balaban J connectivity index is 1.64. The molecule has 0 spiro atoms. The van der Waals surface area contributed by atoms with Gasteiger partial charge in [0.2, 0.25) is 0 Å². The summed E-state index contributed by atoms with van der Waals surface area (Å²) in [5, 5.41) is 0. The lowest BCUT2D eigenvalue weighted by Gasteiger charge is -2.05. The summed E-state index contributed by atoms with van der Waals surface area (Å²) in [6, 6.07) is 21.4. The van der Waals surface area contributed by atoms with Gasteiger partial charge in [-0.2, -0.15) is 4.99 Å². The third-order valence-corrected chi connectivity index (χ3v) is 5.76. The minimum atomic E-state index is -0.399. The highest BCUT2D eigenvalue weighted by molar-refractivity contribution is 7.16. The van der Waals surface area contributed by atoms with Crippen LogP contribution in [0, 0.1) is 12.3 Å². The maximum atomic E-state index is 12.8. The summed E-state index contributed by atoms with van der Waals surface area (Å²) >= 11 is 1.29. The van der Waals surface area contributed by atoms with Gasteiger partial charge in [0.05, 0.1) is 28.9 Å². The van der Waals surface area contributed by atoms with Crippen molar-refractivity contribution in [1.29, 1.82) is 0 Å². The van der Waals surface area contributed by atoms with E-state index in [4.69, 9.17) is 15.9 Å². The van der Waals surface area contributed by atoms with Crippen LogP contribution in [0.2, 0.25) is 0 Å². The molecule has 164 valence electrons. The maximum absolute atomic E-state index is 12.8. The van der Waals surface area contributed by atoms with Gasteiger partial charge < -0.3 is 14.0 Å². The topological polar surface area (TPSA) is 69.9 Å². The van der Waals surface area contributed by atoms with Crippen molar-refractivity contribution in [3.05, 3.63) is 88.7 Å². The predicted octanol–water partition coefficient (Wildman–Crippen LogP) is 5.05. The van der Waals surface area contributed by atoms with Gasteiger partial charge in [0.15, 0.2) is 4.80 Å². The second kappa shape index (κ2) is 9.98. The number of carbonyl (C=O) groups excluding carboxylic acids is 2. The fourth-order valence-corrected chi connectivity index (χ4v) is 4.25. The van der Waals surface area contributed by atoms with Gasteiger partial charge in [-0.3, -0.25) is 4.79 Å². The molecule has 7 heteroatoms. The molecule has 3 aromatic carbocycles. The standard InChI is InChI=1S/C26H20N2O4S/c1-3-16-28-22-15-12-19(25(30)31-4-2)17-23(22)33-26(28)27-24(29)18-10-13-21(14-11-18)32-20-8-6-5-7-9-20/h1,5-15,17H,4,16H2,2H3. The molecule has 0 radical (unpaired) electrons. The Labute approximate surface area is 194 Å². The van der Waals surface area contributed by atoms with Crippen molar-refractivity contribution in [2.75, 3.05) is 6.61 Å². The van der Waals surface area contributed by atoms with Crippen LogP contribution in [0.5, 0.6) is 11.5 Å². The predicted molar refractivity (Wildman–Crippen MR) is 127 cm³/mol. The Bertz CT molecular complexity index is 1410. The van der Waals surface area contributed by atoms with E-state index < -0.39 is 11.9 Å². The van der Waals surface area contributed by atoms with Crippen molar-refractivity contribution in [1.82, 2.24) is 4.57 Å². The minimum absolute atomic E-state index is 0.245. The van der Waals surface area contributed by atoms with E-state index in [2.05, 4.69) is 10.9 Å². The zero-order chi connectivity index (χ0) is 23.2. The van der Waals surface area contributed by atoms with Crippen LogP contribution in [-0.4, -0.2) is 23.1 Å². The minimum Gasteiger partial charge on any atom is -0.462 e.